The Kier molecular flexibility index (Phi) is 9.71. The quantitative estimate of drug-likeness (QED) is 0.106. The Hall–Kier alpha value is -1.20. The molecule has 21 nitrogen and oxygen atoms in total. The van der Waals surface area contributed by atoms with Gasteiger partial charge in [0.15, 0.2) is 24.8 Å². The smallest absolute Gasteiger partial charge is 0.397 e. The van der Waals surface area contributed by atoms with E-state index in [1.807, 2.05) is 0 Å². The first-order valence-electron chi connectivity index (χ1n) is 9.14. The molecule has 2 fully saturated rings. The van der Waals surface area contributed by atoms with E-state index in [2.05, 4.69) is 8.37 Å². The normalized spacial score (nSPS) is 38.5. The first kappa shape index (κ1) is 31.0. The zero-order chi connectivity index (χ0) is 27.8. The van der Waals surface area contributed by atoms with Crippen LogP contribution in [0.5, 0.6) is 0 Å². The maximum atomic E-state index is 11.3. The van der Waals surface area contributed by atoms with Crippen LogP contribution in [0.3, 0.4) is 0 Å². The zero-order valence-electron chi connectivity index (χ0n) is 17.2. The van der Waals surface area contributed by atoms with Gasteiger partial charge < -0.3 is 39.7 Å². The standard InChI is InChI=1S/C12H21NO20S3/c14-4-3(13-34(20,21)22)11(19)30-2(1-29-35(23,24)25)7(4)31-12-9(33-36(26,27)28)6(16)5(15)8(32-12)10(17)18/h2-9,11-16,19H,1H2,(H,17,18)(H,20,21,22)(H,23,24,25)(H,26,27,28)/t2-,3-,4-,5-,6+,7-,8-,9-,11+,12-/m1/s1. The maximum Gasteiger partial charge on any atom is 0.397 e. The fourth-order valence-electron chi connectivity index (χ4n) is 3.24. The number of aliphatic hydroxyl groups is 4. The summed E-state index contributed by atoms with van der Waals surface area (Å²) < 4.78 is 118. The van der Waals surface area contributed by atoms with Crippen molar-refractivity contribution in [2.24, 2.45) is 0 Å². The summed E-state index contributed by atoms with van der Waals surface area (Å²) in [5.74, 6) is -1.94. The molecule has 0 aromatic rings. The van der Waals surface area contributed by atoms with Crippen LogP contribution in [0.25, 0.3) is 0 Å². The third-order valence-electron chi connectivity index (χ3n) is 4.67. The Morgan fingerprint density at radius 2 is 1.42 bits per heavy atom. The summed E-state index contributed by atoms with van der Waals surface area (Å²) in [6.07, 6.45) is -21.1. The lowest BCUT2D eigenvalue weighted by Gasteiger charge is -2.46. The number of aliphatic carboxylic acids is 1. The lowest BCUT2D eigenvalue weighted by atomic mass is 9.96. The fraction of sp³-hybridized carbons (Fsp3) is 0.917. The second-order valence-electron chi connectivity index (χ2n) is 7.22. The van der Waals surface area contributed by atoms with Gasteiger partial charge in [0.1, 0.15) is 36.6 Å². The first-order chi connectivity index (χ1) is 16.2. The third kappa shape index (κ3) is 8.41. The molecule has 0 bridgehead atoms. The van der Waals surface area contributed by atoms with E-state index in [4.69, 9.17) is 33.0 Å². The van der Waals surface area contributed by atoms with Gasteiger partial charge in [-0.2, -0.15) is 30.0 Å². The van der Waals surface area contributed by atoms with Gasteiger partial charge in [0.25, 0.3) is 0 Å². The number of carbonyl (C=O) groups is 1. The molecule has 2 aliphatic heterocycles. The highest BCUT2D eigenvalue weighted by molar-refractivity contribution is 7.83. The van der Waals surface area contributed by atoms with Gasteiger partial charge in [0, 0.05) is 0 Å². The van der Waals surface area contributed by atoms with Crippen LogP contribution in [0, 0.1) is 0 Å². The second-order valence-corrected chi connectivity index (χ2v) is 10.5. The molecule has 2 saturated heterocycles. The van der Waals surface area contributed by atoms with E-state index >= 15 is 0 Å². The molecule has 0 aromatic heterocycles. The average Bonchev–Trinajstić information content (AvgIpc) is 2.68. The first-order valence-corrected chi connectivity index (χ1v) is 13.3. The molecule has 0 radical (unpaired) electrons. The van der Waals surface area contributed by atoms with Crippen LogP contribution in [0.1, 0.15) is 0 Å². The molecule has 0 aliphatic carbocycles. The Labute approximate surface area is 201 Å². The second kappa shape index (κ2) is 11.3. The van der Waals surface area contributed by atoms with Crippen molar-refractivity contribution in [2.45, 2.75) is 61.3 Å². The van der Waals surface area contributed by atoms with Crippen molar-refractivity contribution in [1.29, 1.82) is 0 Å². The van der Waals surface area contributed by atoms with Gasteiger partial charge in [-0.15, -0.1) is 0 Å². The number of hydrogen-bond donors (Lipinski definition) is 9. The molecule has 0 amide bonds. The number of carboxylic acids is 1. The molecule has 0 unspecified atom stereocenters. The highest BCUT2D eigenvalue weighted by atomic mass is 32.3. The Morgan fingerprint density at radius 1 is 0.833 bits per heavy atom. The van der Waals surface area contributed by atoms with E-state index in [1.165, 1.54) is 4.72 Å². The summed E-state index contributed by atoms with van der Waals surface area (Å²) in [5, 5.41) is 49.7. The van der Waals surface area contributed by atoms with Gasteiger partial charge in [-0.05, 0) is 0 Å². The molecule has 36 heavy (non-hydrogen) atoms. The van der Waals surface area contributed by atoms with Crippen LogP contribution in [0.15, 0.2) is 0 Å². The monoisotopic (exact) mass is 595 g/mol. The molecule has 10 atom stereocenters. The molecule has 2 heterocycles. The van der Waals surface area contributed by atoms with Gasteiger partial charge in [-0.25, -0.2) is 13.2 Å². The largest absolute Gasteiger partial charge is 0.479 e. The van der Waals surface area contributed by atoms with Crippen molar-refractivity contribution in [3.63, 3.8) is 0 Å². The summed E-state index contributed by atoms with van der Waals surface area (Å²) >= 11 is 0. The summed E-state index contributed by atoms with van der Waals surface area (Å²) in [6, 6.07) is -2.19. The minimum Gasteiger partial charge on any atom is -0.479 e. The van der Waals surface area contributed by atoms with Crippen molar-refractivity contribution >= 4 is 37.1 Å². The lowest BCUT2D eigenvalue weighted by molar-refractivity contribution is -0.336. The van der Waals surface area contributed by atoms with Crippen LogP contribution in [-0.2, 0) is 58.5 Å². The van der Waals surface area contributed by atoms with Crippen LogP contribution >= 0.6 is 0 Å². The van der Waals surface area contributed by atoms with E-state index < -0.39 is 105 Å². The van der Waals surface area contributed by atoms with Gasteiger partial charge >= 0.3 is 37.1 Å². The number of rotatable bonds is 10. The summed E-state index contributed by atoms with van der Waals surface area (Å²) in [4.78, 5) is 11.3. The minimum atomic E-state index is -5.47. The van der Waals surface area contributed by atoms with Crippen molar-refractivity contribution in [1.82, 2.24) is 4.72 Å². The van der Waals surface area contributed by atoms with E-state index in [1.54, 1.807) is 0 Å². The van der Waals surface area contributed by atoms with Crippen molar-refractivity contribution in [3.8, 4) is 0 Å². The van der Waals surface area contributed by atoms with E-state index in [0.29, 0.717) is 0 Å². The lowest BCUT2D eigenvalue weighted by Crippen LogP contribution is -2.67. The zero-order valence-corrected chi connectivity index (χ0v) is 19.6. The van der Waals surface area contributed by atoms with Gasteiger partial charge in [0.05, 0.1) is 6.61 Å². The van der Waals surface area contributed by atoms with E-state index in [-0.39, 0.29) is 0 Å². The van der Waals surface area contributed by atoms with Crippen LogP contribution in [0.4, 0.5) is 0 Å². The molecule has 0 saturated carbocycles. The third-order valence-corrected chi connectivity index (χ3v) is 6.14. The number of aliphatic hydroxyl groups excluding tert-OH is 4. The number of hydrogen-bond acceptors (Lipinski definition) is 16. The van der Waals surface area contributed by atoms with Crippen molar-refractivity contribution in [2.75, 3.05) is 6.61 Å². The molecule has 0 spiro atoms. The Balaban J connectivity index is 2.46. The van der Waals surface area contributed by atoms with Crippen LogP contribution in [-0.4, -0.2) is 138 Å². The molecule has 2 rings (SSSR count). The minimum absolute atomic E-state index is 1.29. The van der Waals surface area contributed by atoms with E-state index in [0.717, 1.165) is 0 Å². The summed E-state index contributed by atoms with van der Waals surface area (Å²) in [7, 11) is -15.8. The maximum absolute atomic E-state index is 11.3. The van der Waals surface area contributed by atoms with E-state index in [9.17, 15) is 50.5 Å². The van der Waals surface area contributed by atoms with Crippen molar-refractivity contribution in [3.05, 3.63) is 0 Å². The molecule has 2 aliphatic rings. The molecule has 24 heteroatoms. The predicted molar refractivity (Wildman–Crippen MR) is 102 cm³/mol. The van der Waals surface area contributed by atoms with Crippen molar-refractivity contribution < 1.29 is 91.8 Å². The molecular weight excluding hydrogens is 574 g/mol. The topological polar surface area (TPSA) is 340 Å². The highest BCUT2D eigenvalue weighted by Gasteiger charge is 2.54. The summed E-state index contributed by atoms with van der Waals surface area (Å²) in [5.41, 5.74) is 0. The van der Waals surface area contributed by atoms with Crippen LogP contribution < -0.4 is 4.72 Å². The van der Waals surface area contributed by atoms with Gasteiger partial charge in [-0.1, -0.05) is 0 Å². The predicted octanol–water partition coefficient (Wildman–Crippen LogP) is -6.25. The van der Waals surface area contributed by atoms with Gasteiger partial charge in [0.2, 0.25) is 0 Å². The molecule has 9 N–H and O–H groups in total. The number of nitrogens with one attached hydrogen (secondary N) is 1. The van der Waals surface area contributed by atoms with Gasteiger partial charge in [-0.3, -0.25) is 13.7 Å². The average molecular weight is 595 g/mol. The highest BCUT2D eigenvalue weighted by Crippen LogP contribution is 2.31. The molecular formula is C12H21NO20S3. The fourth-order valence-corrected chi connectivity index (χ4v) is 4.63. The number of carboxylic acid groups (broad SMARTS) is 1. The Morgan fingerprint density at radius 3 is 1.89 bits per heavy atom. The number of ether oxygens (including phenoxy) is 3. The Bertz CT molecular complexity index is 1100. The SMILES string of the molecule is O=C(O)[C@@H]1O[C@@H](O[C@H]2[C@H](O)[C@@H](NS(=O)(=O)O)[C@@H](O)O[C@@H]2COS(=O)(=O)O)[C@H](OS(=O)(=O)O)[C@@H](O)[C@H]1O. The summed E-state index contributed by atoms with van der Waals surface area (Å²) in [6.45, 7) is -1.29. The molecule has 212 valence electrons. The molecule has 0 aromatic carbocycles. The van der Waals surface area contributed by atoms with Crippen LogP contribution in [0.2, 0.25) is 0 Å².